The summed E-state index contributed by atoms with van der Waals surface area (Å²) in [7, 11) is -1.65. The predicted octanol–water partition coefficient (Wildman–Crippen LogP) is 6.34. The molecule has 0 amide bonds. The molecule has 0 aliphatic rings. The number of halogens is 1. The largest absolute Gasteiger partial charge is 0.497 e. The molecule has 7 nitrogen and oxygen atoms in total. The first kappa shape index (κ1) is 27.6. The molecule has 4 aromatic rings. The van der Waals surface area contributed by atoms with Crippen molar-refractivity contribution in [1.29, 1.82) is 0 Å². The van der Waals surface area contributed by atoms with Crippen LogP contribution in [0, 0.1) is 0 Å². The Balaban J connectivity index is 0.000000236. The molecule has 0 unspecified atom stereocenters. The predicted molar refractivity (Wildman–Crippen MR) is 147 cm³/mol. The fourth-order valence-electron chi connectivity index (χ4n) is 3.30. The number of rotatable bonds is 7. The highest BCUT2D eigenvalue weighted by Crippen LogP contribution is 2.32. The highest BCUT2D eigenvalue weighted by atomic mass is 79.9. The van der Waals surface area contributed by atoms with Crippen molar-refractivity contribution in [3.05, 3.63) is 83.3 Å². The van der Waals surface area contributed by atoms with Crippen molar-refractivity contribution < 1.29 is 13.2 Å². The number of hydrogen-bond donors (Lipinski definition) is 1. The average Bonchev–Trinajstić information content (AvgIpc) is 3.30. The van der Waals surface area contributed by atoms with Crippen molar-refractivity contribution in [2.45, 2.75) is 44.7 Å². The zero-order valence-electron chi connectivity index (χ0n) is 21.0. The van der Waals surface area contributed by atoms with Gasteiger partial charge >= 0.3 is 0 Å². The van der Waals surface area contributed by atoms with Gasteiger partial charge in [0, 0.05) is 21.6 Å². The van der Waals surface area contributed by atoms with Gasteiger partial charge in [0.25, 0.3) is 0 Å². The summed E-state index contributed by atoms with van der Waals surface area (Å²) in [5, 5.41) is 9.38. The van der Waals surface area contributed by atoms with E-state index in [9.17, 15) is 8.42 Å². The van der Waals surface area contributed by atoms with E-state index in [0.29, 0.717) is 4.90 Å². The number of nitrogens with one attached hydrogen (secondary N) is 1. The summed E-state index contributed by atoms with van der Waals surface area (Å²) < 4.78 is 31.8. The summed E-state index contributed by atoms with van der Waals surface area (Å²) in [6, 6.07) is 24.5. The number of hydrogen-bond acceptors (Lipinski definition) is 5. The summed E-state index contributed by atoms with van der Waals surface area (Å²) in [5.74, 6) is 0.828. The second kappa shape index (κ2) is 12.3. The van der Waals surface area contributed by atoms with E-state index in [1.165, 1.54) is 0 Å². The molecular weight excluding hydrogens is 540 g/mol. The van der Waals surface area contributed by atoms with Crippen LogP contribution < -0.4 is 9.46 Å². The molecule has 0 fully saturated rings. The molecule has 0 saturated heterocycles. The molecule has 0 atom stereocenters. The van der Waals surface area contributed by atoms with E-state index < -0.39 is 10.0 Å². The summed E-state index contributed by atoms with van der Waals surface area (Å²) >= 11 is 3.52. The van der Waals surface area contributed by atoms with Crippen molar-refractivity contribution in [2.75, 3.05) is 7.11 Å². The zero-order valence-corrected chi connectivity index (χ0v) is 23.4. The number of ether oxygens (including phenoxy) is 1. The van der Waals surface area contributed by atoms with E-state index in [0.717, 1.165) is 32.7 Å². The van der Waals surface area contributed by atoms with Crippen LogP contribution in [0.25, 0.3) is 22.5 Å². The van der Waals surface area contributed by atoms with Crippen molar-refractivity contribution in [2.24, 2.45) is 0 Å². The van der Waals surface area contributed by atoms with Gasteiger partial charge in [-0.25, -0.2) is 13.1 Å². The van der Waals surface area contributed by atoms with Crippen molar-refractivity contribution in [1.82, 2.24) is 19.7 Å². The minimum atomic E-state index is -3.31. The van der Waals surface area contributed by atoms with Crippen LogP contribution in [0.4, 0.5) is 0 Å². The van der Waals surface area contributed by atoms with Gasteiger partial charge in [0.15, 0.2) is 0 Å². The van der Waals surface area contributed by atoms with Gasteiger partial charge in [0.05, 0.1) is 18.0 Å². The van der Waals surface area contributed by atoms with Gasteiger partial charge in [-0.1, -0.05) is 46.3 Å². The molecule has 1 heterocycles. The topological polar surface area (TPSA) is 86.1 Å². The molecule has 190 valence electrons. The Kier molecular flexibility index (Phi) is 9.42. The molecular formula is C27H31BrN4O3S. The molecule has 0 aliphatic heterocycles. The van der Waals surface area contributed by atoms with Crippen molar-refractivity contribution in [3.63, 3.8) is 0 Å². The van der Waals surface area contributed by atoms with Gasteiger partial charge in [-0.05, 0) is 76.2 Å². The number of sulfonamides is 1. The fraction of sp³-hybridized carbons (Fsp3) is 0.259. The number of benzene rings is 3. The molecule has 3 aromatic carbocycles. The van der Waals surface area contributed by atoms with Gasteiger partial charge in [-0.2, -0.15) is 15.0 Å². The first-order valence-electron chi connectivity index (χ1n) is 11.5. The van der Waals surface area contributed by atoms with Gasteiger partial charge in [0.1, 0.15) is 17.1 Å². The molecule has 36 heavy (non-hydrogen) atoms. The summed E-state index contributed by atoms with van der Waals surface area (Å²) in [6.07, 6.45) is 0. The Bertz CT molecular complexity index is 1370. The van der Waals surface area contributed by atoms with Crippen LogP contribution in [0.3, 0.4) is 0 Å². The summed E-state index contributed by atoms with van der Waals surface area (Å²) in [4.78, 5) is 2.07. The third kappa shape index (κ3) is 7.25. The van der Waals surface area contributed by atoms with E-state index in [1.807, 2.05) is 42.5 Å². The second-order valence-electron chi connectivity index (χ2n) is 8.64. The molecule has 9 heteroatoms. The van der Waals surface area contributed by atoms with Crippen LogP contribution in [0.15, 0.2) is 88.2 Å². The lowest BCUT2D eigenvalue weighted by molar-refractivity contribution is 0.415. The highest BCUT2D eigenvalue weighted by Gasteiger charge is 2.17. The minimum absolute atomic E-state index is 0.0785. The van der Waals surface area contributed by atoms with E-state index in [4.69, 9.17) is 14.9 Å². The number of nitrogens with zero attached hydrogens (tertiary/aromatic N) is 3. The molecule has 0 spiro atoms. The molecule has 1 aromatic heterocycles. The standard InChI is InChI=1S/C18H18BrN3O.C9H13NO2S/c1-12(2)22-20-17(13-7-9-16(23-3)10-8-13)18(21-22)14-5-4-6-15(19)11-14;1-8(2)10-13(11,12)9-6-4-3-5-7-9/h4-12H,1-3H3;3-8,10H,1-2H3. The zero-order chi connectivity index (χ0) is 26.3. The molecule has 0 radical (unpaired) electrons. The van der Waals surface area contributed by atoms with Crippen LogP contribution in [-0.2, 0) is 10.0 Å². The molecule has 0 saturated carbocycles. The first-order valence-corrected chi connectivity index (χ1v) is 13.8. The summed E-state index contributed by atoms with van der Waals surface area (Å²) in [6.45, 7) is 7.73. The van der Waals surface area contributed by atoms with Crippen molar-refractivity contribution >= 4 is 26.0 Å². The third-order valence-electron chi connectivity index (χ3n) is 5.00. The van der Waals surface area contributed by atoms with E-state index in [-0.39, 0.29) is 12.1 Å². The smallest absolute Gasteiger partial charge is 0.240 e. The molecule has 0 bridgehead atoms. The fourth-order valence-corrected chi connectivity index (χ4v) is 4.98. The van der Waals surface area contributed by atoms with Gasteiger partial charge in [-0.15, -0.1) is 0 Å². The Morgan fingerprint density at radius 1 is 0.833 bits per heavy atom. The Labute approximate surface area is 221 Å². The molecule has 1 N–H and O–H groups in total. The lowest BCUT2D eigenvalue weighted by Gasteiger charge is -2.08. The van der Waals surface area contributed by atoms with E-state index in [1.54, 1.807) is 56.1 Å². The van der Waals surface area contributed by atoms with Gasteiger partial charge < -0.3 is 4.74 Å². The maximum atomic E-state index is 11.5. The van der Waals surface area contributed by atoms with E-state index in [2.05, 4.69) is 40.6 Å². The Hall–Kier alpha value is -3.01. The minimum Gasteiger partial charge on any atom is -0.497 e. The van der Waals surface area contributed by atoms with Gasteiger partial charge in [0.2, 0.25) is 10.0 Å². The van der Waals surface area contributed by atoms with Crippen LogP contribution in [0.1, 0.15) is 33.7 Å². The highest BCUT2D eigenvalue weighted by molar-refractivity contribution is 9.10. The maximum absolute atomic E-state index is 11.5. The average molecular weight is 572 g/mol. The summed E-state index contributed by atoms with van der Waals surface area (Å²) in [5.41, 5.74) is 3.81. The lowest BCUT2D eigenvalue weighted by Crippen LogP contribution is -2.30. The number of aromatic nitrogens is 3. The van der Waals surface area contributed by atoms with E-state index >= 15 is 0 Å². The van der Waals surface area contributed by atoms with Crippen LogP contribution in [0.2, 0.25) is 0 Å². The van der Waals surface area contributed by atoms with Crippen LogP contribution >= 0.6 is 15.9 Å². The third-order valence-corrected chi connectivity index (χ3v) is 7.16. The Morgan fingerprint density at radius 2 is 1.44 bits per heavy atom. The quantitative estimate of drug-likeness (QED) is 0.280. The van der Waals surface area contributed by atoms with Crippen LogP contribution in [-0.4, -0.2) is 36.6 Å². The van der Waals surface area contributed by atoms with Crippen molar-refractivity contribution in [3.8, 4) is 28.3 Å². The first-order chi connectivity index (χ1) is 17.1. The maximum Gasteiger partial charge on any atom is 0.240 e. The lowest BCUT2D eigenvalue weighted by atomic mass is 10.1. The second-order valence-corrected chi connectivity index (χ2v) is 11.3. The monoisotopic (exact) mass is 570 g/mol. The number of methoxy groups -OCH3 is 1. The SMILES string of the molecule is CC(C)NS(=O)(=O)c1ccccc1.COc1ccc(-c2nn(C(C)C)nc2-c2cccc(Br)c2)cc1. The normalized spacial score (nSPS) is 11.3. The Morgan fingerprint density at radius 3 is 1.97 bits per heavy atom. The van der Waals surface area contributed by atoms with Gasteiger partial charge in [-0.3, -0.25) is 0 Å². The van der Waals surface area contributed by atoms with Crippen LogP contribution in [0.5, 0.6) is 5.75 Å². The molecule has 4 rings (SSSR count). The molecule has 0 aliphatic carbocycles.